The molecule has 21 heavy (non-hydrogen) atoms. The standard InChI is InChI=1S/C14H18N4O3/c1-2-20-9-10-8-18(5-6-21-10)14(19)11-3-4-15-13-12(11)7-16-17-13/h3-4,7,10H,2,5-6,8-9H2,1H3,(H,15,16,17). The normalized spacial score (nSPS) is 19.1. The van der Waals surface area contributed by atoms with E-state index in [9.17, 15) is 4.79 Å². The van der Waals surface area contributed by atoms with E-state index >= 15 is 0 Å². The molecule has 0 bridgehead atoms. The maximum Gasteiger partial charge on any atom is 0.254 e. The number of rotatable bonds is 4. The molecule has 7 nitrogen and oxygen atoms in total. The highest BCUT2D eigenvalue weighted by Crippen LogP contribution is 2.17. The summed E-state index contributed by atoms with van der Waals surface area (Å²) in [5.41, 5.74) is 1.24. The third-order valence-electron chi connectivity index (χ3n) is 3.52. The Bertz CT molecular complexity index is 627. The van der Waals surface area contributed by atoms with Crippen molar-refractivity contribution in [2.45, 2.75) is 13.0 Å². The Morgan fingerprint density at radius 1 is 1.62 bits per heavy atom. The highest BCUT2D eigenvalue weighted by molar-refractivity contribution is 6.05. The van der Waals surface area contributed by atoms with E-state index in [0.717, 1.165) is 5.39 Å². The monoisotopic (exact) mass is 290 g/mol. The molecule has 2 aromatic heterocycles. The second kappa shape index (κ2) is 6.19. The molecule has 2 aromatic rings. The van der Waals surface area contributed by atoms with E-state index in [4.69, 9.17) is 9.47 Å². The minimum atomic E-state index is -0.0654. The van der Waals surface area contributed by atoms with Crippen LogP contribution >= 0.6 is 0 Å². The Hall–Kier alpha value is -1.99. The summed E-state index contributed by atoms with van der Waals surface area (Å²) in [6, 6.07) is 1.73. The van der Waals surface area contributed by atoms with Crippen LogP contribution in [-0.4, -0.2) is 65.0 Å². The van der Waals surface area contributed by atoms with Gasteiger partial charge in [-0.1, -0.05) is 0 Å². The summed E-state index contributed by atoms with van der Waals surface area (Å²) in [6.45, 7) is 4.76. The molecule has 7 heteroatoms. The molecule has 1 fully saturated rings. The van der Waals surface area contributed by atoms with E-state index in [1.165, 1.54) is 0 Å². The second-order valence-electron chi connectivity index (χ2n) is 4.89. The number of hydrogen-bond donors (Lipinski definition) is 1. The van der Waals surface area contributed by atoms with Gasteiger partial charge >= 0.3 is 0 Å². The molecule has 0 radical (unpaired) electrons. The summed E-state index contributed by atoms with van der Waals surface area (Å²) in [5.74, 6) is -0.0198. The molecular weight excluding hydrogens is 272 g/mol. The van der Waals surface area contributed by atoms with Gasteiger partial charge in [0.2, 0.25) is 0 Å². The highest BCUT2D eigenvalue weighted by atomic mass is 16.5. The predicted molar refractivity (Wildman–Crippen MR) is 76.0 cm³/mol. The Labute approximate surface area is 122 Å². The molecule has 1 saturated heterocycles. The molecule has 1 N–H and O–H groups in total. The van der Waals surface area contributed by atoms with Crippen molar-refractivity contribution < 1.29 is 14.3 Å². The molecule has 3 heterocycles. The number of hydrogen-bond acceptors (Lipinski definition) is 5. The first-order valence-corrected chi connectivity index (χ1v) is 7.06. The van der Waals surface area contributed by atoms with Gasteiger partial charge in [0, 0.05) is 25.9 Å². The topological polar surface area (TPSA) is 80.3 Å². The lowest BCUT2D eigenvalue weighted by Crippen LogP contribution is -2.47. The lowest BCUT2D eigenvalue weighted by Gasteiger charge is -2.32. The average Bonchev–Trinajstić information content (AvgIpc) is 3.01. The summed E-state index contributed by atoms with van der Waals surface area (Å²) in [6.07, 6.45) is 3.18. The molecule has 3 rings (SSSR count). The van der Waals surface area contributed by atoms with Gasteiger partial charge < -0.3 is 14.4 Å². The number of aromatic amines is 1. The number of ether oxygens (including phenoxy) is 2. The van der Waals surface area contributed by atoms with Crippen LogP contribution in [0.2, 0.25) is 0 Å². The van der Waals surface area contributed by atoms with Crippen molar-refractivity contribution in [3.8, 4) is 0 Å². The summed E-state index contributed by atoms with van der Waals surface area (Å²) in [4.78, 5) is 18.6. The number of amides is 1. The number of fused-ring (bicyclic) bond motifs is 1. The van der Waals surface area contributed by atoms with Gasteiger partial charge in [0.25, 0.3) is 5.91 Å². The first kappa shape index (κ1) is 14.0. The fraction of sp³-hybridized carbons (Fsp3) is 0.500. The quantitative estimate of drug-likeness (QED) is 0.902. The lowest BCUT2D eigenvalue weighted by molar-refractivity contribution is -0.0597. The van der Waals surface area contributed by atoms with Crippen LogP contribution < -0.4 is 0 Å². The Morgan fingerprint density at radius 3 is 3.38 bits per heavy atom. The third-order valence-corrected chi connectivity index (χ3v) is 3.52. The first-order chi connectivity index (χ1) is 10.3. The van der Waals surface area contributed by atoms with Crippen LogP contribution in [-0.2, 0) is 9.47 Å². The van der Waals surface area contributed by atoms with Crippen LogP contribution in [0, 0.1) is 0 Å². The van der Waals surface area contributed by atoms with Crippen molar-refractivity contribution in [1.29, 1.82) is 0 Å². The number of aromatic nitrogens is 3. The van der Waals surface area contributed by atoms with Crippen LogP contribution in [0.4, 0.5) is 0 Å². The van der Waals surface area contributed by atoms with E-state index in [1.54, 1.807) is 23.4 Å². The zero-order valence-corrected chi connectivity index (χ0v) is 11.9. The van der Waals surface area contributed by atoms with Crippen LogP contribution in [0.15, 0.2) is 18.5 Å². The second-order valence-corrected chi connectivity index (χ2v) is 4.89. The van der Waals surface area contributed by atoms with E-state index < -0.39 is 0 Å². The minimum Gasteiger partial charge on any atom is -0.379 e. The van der Waals surface area contributed by atoms with Crippen LogP contribution in [0.5, 0.6) is 0 Å². The van der Waals surface area contributed by atoms with Crippen molar-refractivity contribution in [2.24, 2.45) is 0 Å². The maximum atomic E-state index is 12.7. The Kier molecular flexibility index (Phi) is 4.12. The summed E-state index contributed by atoms with van der Waals surface area (Å²) >= 11 is 0. The molecular formula is C14H18N4O3. The van der Waals surface area contributed by atoms with Gasteiger partial charge in [-0.15, -0.1) is 0 Å². The number of morpholine rings is 1. The van der Waals surface area contributed by atoms with Gasteiger partial charge in [0.05, 0.1) is 36.5 Å². The van der Waals surface area contributed by atoms with Crippen LogP contribution in [0.25, 0.3) is 11.0 Å². The molecule has 1 aliphatic rings. The highest BCUT2D eigenvalue weighted by Gasteiger charge is 2.26. The van der Waals surface area contributed by atoms with Crippen LogP contribution in [0.3, 0.4) is 0 Å². The van der Waals surface area contributed by atoms with Crippen LogP contribution in [0.1, 0.15) is 17.3 Å². The van der Waals surface area contributed by atoms with Crippen molar-refractivity contribution in [2.75, 3.05) is 32.9 Å². The molecule has 1 amide bonds. The number of nitrogens with zero attached hydrogens (tertiary/aromatic N) is 3. The number of carbonyl (C=O) groups is 1. The molecule has 1 atom stereocenters. The maximum absolute atomic E-state index is 12.7. The molecule has 0 saturated carbocycles. The fourth-order valence-corrected chi connectivity index (χ4v) is 2.46. The molecule has 0 spiro atoms. The smallest absolute Gasteiger partial charge is 0.254 e. The van der Waals surface area contributed by atoms with E-state index in [-0.39, 0.29) is 12.0 Å². The fourth-order valence-electron chi connectivity index (χ4n) is 2.46. The predicted octanol–water partition coefficient (Wildman–Crippen LogP) is 0.835. The number of pyridine rings is 1. The third kappa shape index (κ3) is 2.88. The van der Waals surface area contributed by atoms with E-state index in [1.807, 2.05) is 6.92 Å². The number of H-pyrrole nitrogens is 1. The molecule has 1 aliphatic heterocycles. The number of carbonyl (C=O) groups excluding carboxylic acids is 1. The Morgan fingerprint density at radius 2 is 2.52 bits per heavy atom. The van der Waals surface area contributed by atoms with Gasteiger partial charge in [-0.05, 0) is 13.0 Å². The SMILES string of the molecule is CCOCC1CN(C(=O)c2ccnc3[nH]ncc23)CCO1. The molecule has 1 unspecified atom stereocenters. The molecule has 0 aliphatic carbocycles. The van der Waals surface area contributed by atoms with Gasteiger partial charge in [-0.25, -0.2) is 4.98 Å². The zero-order valence-electron chi connectivity index (χ0n) is 11.9. The largest absolute Gasteiger partial charge is 0.379 e. The van der Waals surface area contributed by atoms with Gasteiger partial charge in [-0.3, -0.25) is 9.89 Å². The summed E-state index contributed by atoms with van der Waals surface area (Å²) < 4.78 is 11.0. The van der Waals surface area contributed by atoms with E-state index in [2.05, 4.69) is 15.2 Å². The van der Waals surface area contributed by atoms with Crippen molar-refractivity contribution in [3.63, 3.8) is 0 Å². The summed E-state index contributed by atoms with van der Waals surface area (Å²) in [5, 5.41) is 7.47. The number of nitrogens with one attached hydrogen (secondary N) is 1. The van der Waals surface area contributed by atoms with Gasteiger partial charge in [-0.2, -0.15) is 5.10 Å². The molecule has 112 valence electrons. The van der Waals surface area contributed by atoms with Crippen molar-refractivity contribution in [3.05, 3.63) is 24.0 Å². The zero-order chi connectivity index (χ0) is 14.7. The lowest BCUT2D eigenvalue weighted by atomic mass is 10.1. The minimum absolute atomic E-state index is 0.0198. The summed E-state index contributed by atoms with van der Waals surface area (Å²) in [7, 11) is 0. The van der Waals surface area contributed by atoms with Crippen molar-refractivity contribution in [1.82, 2.24) is 20.1 Å². The van der Waals surface area contributed by atoms with E-state index in [0.29, 0.717) is 44.1 Å². The average molecular weight is 290 g/mol. The first-order valence-electron chi connectivity index (χ1n) is 7.06. The van der Waals surface area contributed by atoms with Gasteiger partial charge in [0.15, 0.2) is 5.65 Å². The molecule has 0 aromatic carbocycles. The Balaban J connectivity index is 1.76. The van der Waals surface area contributed by atoms with Crippen molar-refractivity contribution >= 4 is 16.9 Å². The van der Waals surface area contributed by atoms with Gasteiger partial charge in [0.1, 0.15) is 0 Å².